The molecule has 0 heterocycles. The predicted molar refractivity (Wildman–Crippen MR) is 82.7 cm³/mol. The fraction of sp³-hybridized carbons (Fsp3) is 0.364. The molecule has 3 nitrogen and oxygen atoms in total. The minimum Gasteiger partial charge on any atom is -0.352 e. The highest BCUT2D eigenvalue weighted by Gasteiger charge is 2.09. The Kier molecular flexibility index (Phi) is 6.65. The maximum Gasteiger partial charge on any atom is 0.252 e. The molecule has 0 aliphatic heterocycles. The van der Waals surface area contributed by atoms with E-state index in [4.69, 9.17) is 0 Å². The van der Waals surface area contributed by atoms with Crippen LogP contribution in [0.15, 0.2) is 22.7 Å². The maximum absolute atomic E-state index is 11.8. The molecule has 0 aliphatic rings. The summed E-state index contributed by atoms with van der Waals surface area (Å²) in [5.41, 5.74) is 0.634. The van der Waals surface area contributed by atoms with E-state index < -0.39 is 10.8 Å². The molecule has 0 bridgehead atoms. The first-order valence-corrected chi connectivity index (χ1v) is 8.64. The number of rotatable bonds is 5. The first-order valence-electron chi connectivity index (χ1n) is 5.04. The van der Waals surface area contributed by atoms with E-state index in [2.05, 4.69) is 43.8 Å². The van der Waals surface area contributed by atoms with Crippen molar-refractivity contribution in [2.45, 2.75) is 6.42 Å². The summed E-state index contributed by atoms with van der Waals surface area (Å²) in [4.78, 5) is 11.8. The van der Waals surface area contributed by atoms with Crippen LogP contribution < -0.4 is 5.32 Å². The van der Waals surface area contributed by atoms with Crippen molar-refractivity contribution in [3.63, 3.8) is 0 Å². The minimum atomic E-state index is -0.795. The van der Waals surface area contributed by atoms with Crippen molar-refractivity contribution in [2.24, 2.45) is 0 Å². The Balaban J connectivity index is 2.52. The van der Waals surface area contributed by atoms with Crippen molar-refractivity contribution in [3.8, 4) is 0 Å². The molecule has 94 valence electrons. The van der Waals surface area contributed by atoms with Gasteiger partial charge in [0.05, 0.1) is 5.56 Å². The first kappa shape index (κ1) is 15.1. The highest BCUT2D eigenvalue weighted by molar-refractivity contribution is 14.1. The van der Waals surface area contributed by atoms with E-state index in [-0.39, 0.29) is 5.91 Å². The van der Waals surface area contributed by atoms with E-state index in [1.807, 2.05) is 18.2 Å². The molecule has 0 aromatic heterocycles. The van der Waals surface area contributed by atoms with Crippen LogP contribution in [0.25, 0.3) is 0 Å². The molecule has 1 N–H and O–H groups in total. The number of carbonyl (C=O) groups excluding carboxylic acids is 1. The van der Waals surface area contributed by atoms with E-state index in [0.29, 0.717) is 17.9 Å². The number of amides is 1. The molecule has 6 heteroatoms. The van der Waals surface area contributed by atoms with E-state index in [1.165, 1.54) is 0 Å². The van der Waals surface area contributed by atoms with Gasteiger partial charge >= 0.3 is 0 Å². The molecule has 0 aliphatic carbocycles. The summed E-state index contributed by atoms with van der Waals surface area (Å²) in [6, 6.07) is 5.62. The second-order valence-corrected chi connectivity index (χ2v) is 7.17. The lowest BCUT2D eigenvalue weighted by Gasteiger charge is -2.06. The summed E-state index contributed by atoms with van der Waals surface area (Å²) in [7, 11) is -0.795. The average molecular weight is 430 g/mol. The fourth-order valence-electron chi connectivity index (χ4n) is 1.24. The zero-order valence-corrected chi connectivity index (χ0v) is 13.9. The molecule has 1 unspecified atom stereocenters. The Morgan fingerprint density at radius 1 is 1.53 bits per heavy atom. The van der Waals surface area contributed by atoms with Crippen molar-refractivity contribution < 1.29 is 9.00 Å². The molecule has 1 aromatic carbocycles. The molecule has 1 amide bonds. The summed E-state index contributed by atoms with van der Waals surface area (Å²) in [5.74, 6) is 0.519. The molecule has 0 spiro atoms. The first-order chi connectivity index (χ1) is 8.00. The van der Waals surface area contributed by atoms with Crippen LogP contribution in [0.1, 0.15) is 16.8 Å². The number of hydrogen-bond donors (Lipinski definition) is 1. The monoisotopic (exact) mass is 429 g/mol. The van der Waals surface area contributed by atoms with Gasteiger partial charge in [0.2, 0.25) is 0 Å². The SMILES string of the molecule is CS(=O)CCCNC(=O)c1cc(I)ccc1Br. The standard InChI is InChI=1S/C11H13BrINO2S/c1-17(16)6-2-5-14-11(15)9-7-8(13)3-4-10(9)12/h3-4,7H,2,5-6H2,1H3,(H,14,15). The second kappa shape index (κ2) is 7.48. The van der Waals surface area contributed by atoms with Gasteiger partial charge in [0, 0.05) is 37.4 Å². The minimum absolute atomic E-state index is 0.0997. The van der Waals surface area contributed by atoms with E-state index in [1.54, 1.807) is 6.26 Å². The largest absolute Gasteiger partial charge is 0.352 e. The van der Waals surface area contributed by atoms with E-state index >= 15 is 0 Å². The molecule has 0 radical (unpaired) electrons. The molecule has 0 saturated carbocycles. The summed E-state index contributed by atoms with van der Waals surface area (Å²) in [6.07, 6.45) is 2.40. The highest BCUT2D eigenvalue weighted by Crippen LogP contribution is 2.19. The van der Waals surface area contributed by atoms with E-state index in [9.17, 15) is 9.00 Å². The van der Waals surface area contributed by atoms with Gasteiger partial charge in [-0.25, -0.2) is 0 Å². The van der Waals surface area contributed by atoms with Gasteiger partial charge in [-0.2, -0.15) is 0 Å². The number of halogens is 2. The van der Waals surface area contributed by atoms with Gasteiger partial charge in [-0.1, -0.05) is 0 Å². The Morgan fingerprint density at radius 3 is 2.88 bits per heavy atom. The summed E-state index contributed by atoms with van der Waals surface area (Å²) < 4.78 is 12.7. The van der Waals surface area contributed by atoms with Crippen molar-refractivity contribution >= 4 is 55.2 Å². The number of benzene rings is 1. The van der Waals surface area contributed by atoms with Gasteiger partial charge in [0.25, 0.3) is 5.91 Å². The van der Waals surface area contributed by atoms with E-state index in [0.717, 1.165) is 14.5 Å². The molecule has 0 fully saturated rings. The predicted octanol–water partition coefficient (Wildman–Crippen LogP) is 2.55. The maximum atomic E-state index is 11.8. The van der Waals surface area contributed by atoms with Crippen LogP contribution in [0.2, 0.25) is 0 Å². The van der Waals surface area contributed by atoms with Gasteiger partial charge in [0.1, 0.15) is 0 Å². The molecule has 17 heavy (non-hydrogen) atoms. The van der Waals surface area contributed by atoms with Crippen LogP contribution >= 0.6 is 38.5 Å². The second-order valence-electron chi connectivity index (χ2n) is 3.51. The number of nitrogens with one attached hydrogen (secondary N) is 1. The Hall–Kier alpha value is 0.0500. The van der Waals surface area contributed by atoms with Crippen LogP contribution in [-0.2, 0) is 10.8 Å². The smallest absolute Gasteiger partial charge is 0.252 e. The molecular weight excluding hydrogens is 417 g/mol. The average Bonchev–Trinajstić information content (AvgIpc) is 2.27. The summed E-state index contributed by atoms with van der Waals surface area (Å²) >= 11 is 5.52. The van der Waals surface area contributed by atoms with Crippen molar-refractivity contribution in [3.05, 3.63) is 31.8 Å². The van der Waals surface area contributed by atoms with Crippen LogP contribution in [0.3, 0.4) is 0 Å². The summed E-state index contributed by atoms with van der Waals surface area (Å²) in [5, 5.41) is 2.82. The third kappa shape index (κ3) is 5.48. The van der Waals surface area contributed by atoms with Crippen LogP contribution in [0.4, 0.5) is 0 Å². The lowest BCUT2D eigenvalue weighted by Crippen LogP contribution is -2.25. The quantitative estimate of drug-likeness (QED) is 0.577. The summed E-state index contributed by atoms with van der Waals surface area (Å²) in [6.45, 7) is 0.552. The number of hydrogen-bond acceptors (Lipinski definition) is 2. The lowest BCUT2D eigenvalue weighted by atomic mass is 10.2. The molecule has 1 aromatic rings. The fourth-order valence-corrected chi connectivity index (χ4v) is 2.71. The number of carbonyl (C=O) groups is 1. The third-order valence-electron chi connectivity index (χ3n) is 2.07. The zero-order chi connectivity index (χ0) is 12.8. The van der Waals surface area contributed by atoms with Gasteiger partial charge in [-0.05, 0) is 63.1 Å². The van der Waals surface area contributed by atoms with Crippen molar-refractivity contribution in [1.29, 1.82) is 0 Å². The van der Waals surface area contributed by atoms with Crippen LogP contribution in [-0.4, -0.2) is 28.7 Å². The zero-order valence-electron chi connectivity index (χ0n) is 9.33. The highest BCUT2D eigenvalue weighted by atomic mass is 127. The lowest BCUT2D eigenvalue weighted by molar-refractivity contribution is 0.0953. The van der Waals surface area contributed by atoms with Crippen molar-refractivity contribution in [2.75, 3.05) is 18.6 Å². The molecular formula is C11H13BrINO2S. The normalized spacial score (nSPS) is 12.2. The topological polar surface area (TPSA) is 46.2 Å². The Labute approximate surface area is 125 Å². The third-order valence-corrected chi connectivity index (χ3v) is 4.29. The van der Waals surface area contributed by atoms with Gasteiger partial charge in [-0.3, -0.25) is 9.00 Å². The van der Waals surface area contributed by atoms with Crippen LogP contribution in [0.5, 0.6) is 0 Å². The van der Waals surface area contributed by atoms with Gasteiger partial charge in [-0.15, -0.1) is 0 Å². The molecule has 1 rings (SSSR count). The molecule has 0 saturated heterocycles. The van der Waals surface area contributed by atoms with Gasteiger partial charge < -0.3 is 5.32 Å². The van der Waals surface area contributed by atoms with Crippen molar-refractivity contribution in [1.82, 2.24) is 5.32 Å². The Bertz CT molecular complexity index is 439. The molecule has 1 atom stereocenters. The van der Waals surface area contributed by atoms with Gasteiger partial charge in [0.15, 0.2) is 0 Å². The van der Waals surface area contributed by atoms with Crippen LogP contribution in [0, 0.1) is 3.57 Å². The Morgan fingerprint density at radius 2 is 2.24 bits per heavy atom.